The highest BCUT2D eigenvalue weighted by Crippen LogP contribution is 2.15. The average molecular weight is 209 g/mol. The Morgan fingerprint density at radius 2 is 2.27 bits per heavy atom. The molecule has 1 amide bonds. The standard InChI is InChI=1S/C11H15NO3/c1-9-4-3-5-10(8-9)12(11(13)14)6-7-15-2/h3-5,8H,6-7H2,1-2H3,(H,13,14). The highest BCUT2D eigenvalue weighted by molar-refractivity contribution is 5.86. The van der Waals surface area contributed by atoms with Gasteiger partial charge in [-0.15, -0.1) is 0 Å². The third-order valence-corrected chi connectivity index (χ3v) is 2.06. The van der Waals surface area contributed by atoms with E-state index in [1.54, 1.807) is 13.2 Å². The van der Waals surface area contributed by atoms with Crippen LogP contribution < -0.4 is 4.90 Å². The largest absolute Gasteiger partial charge is 0.465 e. The van der Waals surface area contributed by atoms with Crippen LogP contribution >= 0.6 is 0 Å². The van der Waals surface area contributed by atoms with Crippen LogP contribution in [0.1, 0.15) is 5.56 Å². The van der Waals surface area contributed by atoms with Crippen molar-refractivity contribution >= 4 is 11.8 Å². The topological polar surface area (TPSA) is 49.8 Å². The first-order valence-corrected chi connectivity index (χ1v) is 4.71. The lowest BCUT2D eigenvalue weighted by Gasteiger charge is -2.19. The number of anilines is 1. The Hall–Kier alpha value is -1.55. The molecule has 0 heterocycles. The van der Waals surface area contributed by atoms with Crippen molar-refractivity contribution in [2.45, 2.75) is 6.92 Å². The van der Waals surface area contributed by atoms with Crippen molar-refractivity contribution in [1.82, 2.24) is 0 Å². The molecule has 0 radical (unpaired) electrons. The Balaban J connectivity index is 2.84. The fourth-order valence-electron chi connectivity index (χ4n) is 1.31. The molecule has 0 saturated heterocycles. The van der Waals surface area contributed by atoms with Gasteiger partial charge in [-0.05, 0) is 24.6 Å². The van der Waals surface area contributed by atoms with Crippen LogP contribution in [-0.4, -0.2) is 31.5 Å². The van der Waals surface area contributed by atoms with Crippen molar-refractivity contribution in [3.8, 4) is 0 Å². The molecule has 0 bridgehead atoms. The van der Waals surface area contributed by atoms with Gasteiger partial charge in [-0.25, -0.2) is 4.79 Å². The van der Waals surface area contributed by atoms with Crippen molar-refractivity contribution in [2.24, 2.45) is 0 Å². The summed E-state index contributed by atoms with van der Waals surface area (Å²) in [4.78, 5) is 12.3. The number of ether oxygens (including phenoxy) is 1. The van der Waals surface area contributed by atoms with Gasteiger partial charge in [0.05, 0.1) is 13.2 Å². The lowest BCUT2D eigenvalue weighted by molar-refractivity contribution is 0.186. The number of hydrogen-bond donors (Lipinski definition) is 1. The molecule has 0 saturated carbocycles. The van der Waals surface area contributed by atoms with E-state index in [0.29, 0.717) is 18.8 Å². The van der Waals surface area contributed by atoms with Gasteiger partial charge in [-0.1, -0.05) is 12.1 Å². The summed E-state index contributed by atoms with van der Waals surface area (Å²) >= 11 is 0. The summed E-state index contributed by atoms with van der Waals surface area (Å²) in [6.07, 6.45) is -0.961. The lowest BCUT2D eigenvalue weighted by Crippen LogP contribution is -2.32. The Morgan fingerprint density at radius 3 is 2.80 bits per heavy atom. The Morgan fingerprint density at radius 1 is 1.53 bits per heavy atom. The first kappa shape index (κ1) is 11.5. The van der Waals surface area contributed by atoms with Crippen LogP contribution in [0.15, 0.2) is 24.3 Å². The van der Waals surface area contributed by atoms with Crippen molar-refractivity contribution in [3.05, 3.63) is 29.8 Å². The van der Waals surface area contributed by atoms with Crippen LogP contribution in [0.5, 0.6) is 0 Å². The zero-order chi connectivity index (χ0) is 11.3. The molecule has 1 rings (SSSR count). The molecule has 15 heavy (non-hydrogen) atoms. The molecule has 0 aliphatic carbocycles. The third kappa shape index (κ3) is 3.25. The lowest BCUT2D eigenvalue weighted by atomic mass is 10.2. The van der Waals surface area contributed by atoms with Crippen LogP contribution in [0, 0.1) is 6.92 Å². The molecule has 0 spiro atoms. The van der Waals surface area contributed by atoms with Crippen molar-refractivity contribution in [2.75, 3.05) is 25.2 Å². The Kier molecular flexibility index (Phi) is 4.12. The Labute approximate surface area is 89.1 Å². The van der Waals surface area contributed by atoms with E-state index in [1.807, 2.05) is 25.1 Å². The van der Waals surface area contributed by atoms with Crippen molar-refractivity contribution in [3.63, 3.8) is 0 Å². The SMILES string of the molecule is COCCN(C(=O)O)c1cccc(C)c1. The summed E-state index contributed by atoms with van der Waals surface area (Å²) in [5, 5.41) is 9.01. The van der Waals surface area contributed by atoms with Crippen LogP contribution in [0.3, 0.4) is 0 Å². The highest BCUT2D eigenvalue weighted by Gasteiger charge is 2.13. The minimum absolute atomic E-state index is 0.343. The fraction of sp³-hybridized carbons (Fsp3) is 0.364. The van der Waals surface area contributed by atoms with Gasteiger partial charge in [-0.2, -0.15) is 0 Å². The molecule has 0 atom stereocenters. The molecule has 4 nitrogen and oxygen atoms in total. The van der Waals surface area contributed by atoms with Crippen molar-refractivity contribution < 1.29 is 14.6 Å². The zero-order valence-electron chi connectivity index (χ0n) is 8.93. The number of rotatable bonds is 4. The smallest absolute Gasteiger partial charge is 0.411 e. The van der Waals surface area contributed by atoms with E-state index in [2.05, 4.69) is 0 Å². The molecule has 4 heteroatoms. The molecule has 82 valence electrons. The van der Waals surface area contributed by atoms with E-state index in [-0.39, 0.29) is 0 Å². The molecule has 0 fully saturated rings. The number of carboxylic acid groups (broad SMARTS) is 1. The number of hydrogen-bond acceptors (Lipinski definition) is 2. The summed E-state index contributed by atoms with van der Waals surface area (Å²) in [5.74, 6) is 0. The number of nitrogens with zero attached hydrogens (tertiary/aromatic N) is 1. The predicted molar refractivity (Wildman–Crippen MR) is 58.4 cm³/mol. The van der Waals surface area contributed by atoms with E-state index in [1.165, 1.54) is 4.90 Å². The van der Waals surface area contributed by atoms with Gasteiger partial charge in [0.15, 0.2) is 0 Å². The first-order chi connectivity index (χ1) is 7.15. The van der Waals surface area contributed by atoms with Crippen LogP contribution in [-0.2, 0) is 4.74 Å². The quantitative estimate of drug-likeness (QED) is 0.826. The van der Waals surface area contributed by atoms with Gasteiger partial charge in [0.25, 0.3) is 0 Å². The molecular weight excluding hydrogens is 194 g/mol. The van der Waals surface area contributed by atoms with E-state index in [4.69, 9.17) is 9.84 Å². The summed E-state index contributed by atoms with van der Waals surface area (Å²) in [6, 6.07) is 7.38. The van der Waals surface area contributed by atoms with Crippen LogP contribution in [0.2, 0.25) is 0 Å². The van der Waals surface area contributed by atoms with E-state index >= 15 is 0 Å². The van der Waals surface area contributed by atoms with Crippen LogP contribution in [0.4, 0.5) is 10.5 Å². The number of methoxy groups -OCH3 is 1. The second kappa shape index (κ2) is 5.36. The summed E-state index contributed by atoms with van der Waals surface area (Å²) in [7, 11) is 1.55. The molecule has 0 aromatic heterocycles. The van der Waals surface area contributed by atoms with E-state index in [0.717, 1.165) is 5.56 Å². The fourth-order valence-corrected chi connectivity index (χ4v) is 1.31. The predicted octanol–water partition coefficient (Wildman–Crippen LogP) is 2.13. The van der Waals surface area contributed by atoms with Gasteiger partial charge >= 0.3 is 6.09 Å². The third-order valence-electron chi connectivity index (χ3n) is 2.06. The van der Waals surface area contributed by atoms with Gasteiger partial charge in [-0.3, -0.25) is 4.90 Å². The van der Waals surface area contributed by atoms with Gasteiger partial charge in [0, 0.05) is 12.8 Å². The van der Waals surface area contributed by atoms with Gasteiger partial charge in [0.1, 0.15) is 0 Å². The molecule has 0 unspecified atom stereocenters. The van der Waals surface area contributed by atoms with Gasteiger partial charge in [0.2, 0.25) is 0 Å². The summed E-state index contributed by atoms with van der Waals surface area (Å²) in [6.45, 7) is 2.66. The maximum atomic E-state index is 11.0. The second-order valence-corrected chi connectivity index (χ2v) is 3.27. The number of aryl methyl sites for hydroxylation is 1. The molecule has 1 aromatic carbocycles. The number of amides is 1. The second-order valence-electron chi connectivity index (χ2n) is 3.27. The highest BCUT2D eigenvalue weighted by atomic mass is 16.5. The van der Waals surface area contributed by atoms with Crippen LogP contribution in [0.25, 0.3) is 0 Å². The number of carbonyl (C=O) groups is 1. The number of benzene rings is 1. The molecule has 0 aliphatic heterocycles. The molecule has 0 aliphatic rings. The monoisotopic (exact) mass is 209 g/mol. The van der Waals surface area contributed by atoms with Crippen molar-refractivity contribution in [1.29, 1.82) is 0 Å². The maximum absolute atomic E-state index is 11.0. The molecule has 1 aromatic rings. The molecular formula is C11H15NO3. The summed E-state index contributed by atoms with van der Waals surface area (Å²) < 4.78 is 4.87. The minimum Gasteiger partial charge on any atom is -0.465 e. The van der Waals surface area contributed by atoms with E-state index in [9.17, 15) is 4.79 Å². The normalized spacial score (nSPS) is 10.0. The maximum Gasteiger partial charge on any atom is 0.411 e. The average Bonchev–Trinajstić information content (AvgIpc) is 2.18. The van der Waals surface area contributed by atoms with E-state index < -0.39 is 6.09 Å². The molecule has 1 N–H and O–H groups in total. The minimum atomic E-state index is -0.961. The Bertz CT molecular complexity index is 338. The van der Waals surface area contributed by atoms with Gasteiger partial charge < -0.3 is 9.84 Å². The summed E-state index contributed by atoms with van der Waals surface area (Å²) in [5.41, 5.74) is 1.72. The first-order valence-electron chi connectivity index (χ1n) is 4.71. The zero-order valence-corrected chi connectivity index (χ0v) is 8.93.